The zero-order valence-corrected chi connectivity index (χ0v) is 17.7. The van der Waals surface area contributed by atoms with Gasteiger partial charge in [-0.2, -0.15) is 0 Å². The number of benzene rings is 2. The van der Waals surface area contributed by atoms with Crippen LogP contribution in [-0.2, 0) is 9.53 Å². The first kappa shape index (κ1) is 20.8. The molecule has 1 N–H and O–H groups in total. The van der Waals surface area contributed by atoms with E-state index in [0.717, 1.165) is 30.4 Å². The second-order valence-corrected chi connectivity index (χ2v) is 7.95. The van der Waals surface area contributed by atoms with Gasteiger partial charge in [-0.25, -0.2) is 4.79 Å². The number of nitrogens with one attached hydrogen (secondary N) is 1. The zero-order chi connectivity index (χ0) is 21.8. The SMILES string of the molecule is COC(=O)C1(NC(=O)c2ccc(-c3nnc(-c4cccc(C)c4)o3)cc2)CCCCC1. The van der Waals surface area contributed by atoms with Crippen molar-refractivity contribution in [2.45, 2.75) is 44.6 Å². The quantitative estimate of drug-likeness (QED) is 0.619. The normalized spacial score (nSPS) is 15.3. The lowest BCUT2D eigenvalue weighted by Gasteiger charge is -2.35. The summed E-state index contributed by atoms with van der Waals surface area (Å²) >= 11 is 0. The molecule has 1 fully saturated rings. The van der Waals surface area contributed by atoms with Crippen LogP contribution >= 0.6 is 0 Å². The van der Waals surface area contributed by atoms with Crippen LogP contribution in [0.3, 0.4) is 0 Å². The molecule has 31 heavy (non-hydrogen) atoms. The van der Waals surface area contributed by atoms with Crippen molar-refractivity contribution in [2.75, 3.05) is 7.11 Å². The van der Waals surface area contributed by atoms with E-state index in [1.54, 1.807) is 24.3 Å². The van der Waals surface area contributed by atoms with Crippen molar-refractivity contribution in [1.82, 2.24) is 15.5 Å². The molecule has 0 spiro atoms. The minimum atomic E-state index is -0.946. The zero-order valence-electron chi connectivity index (χ0n) is 17.7. The van der Waals surface area contributed by atoms with E-state index >= 15 is 0 Å². The molecule has 3 aromatic rings. The number of amides is 1. The van der Waals surface area contributed by atoms with Crippen molar-refractivity contribution < 1.29 is 18.7 Å². The topological polar surface area (TPSA) is 94.3 Å². The number of carbonyl (C=O) groups excluding carboxylic acids is 2. The van der Waals surface area contributed by atoms with Crippen LogP contribution in [0.5, 0.6) is 0 Å². The molecule has 1 aromatic heterocycles. The van der Waals surface area contributed by atoms with Gasteiger partial charge < -0.3 is 14.5 Å². The van der Waals surface area contributed by atoms with Gasteiger partial charge in [-0.3, -0.25) is 4.79 Å². The van der Waals surface area contributed by atoms with Gasteiger partial charge in [-0.1, -0.05) is 37.0 Å². The summed E-state index contributed by atoms with van der Waals surface area (Å²) in [5.74, 6) is 0.135. The van der Waals surface area contributed by atoms with E-state index < -0.39 is 5.54 Å². The summed E-state index contributed by atoms with van der Waals surface area (Å²) in [7, 11) is 1.36. The fourth-order valence-electron chi connectivity index (χ4n) is 4.02. The van der Waals surface area contributed by atoms with E-state index in [9.17, 15) is 9.59 Å². The van der Waals surface area contributed by atoms with Crippen LogP contribution in [0.2, 0.25) is 0 Å². The highest BCUT2D eigenvalue weighted by Crippen LogP contribution is 2.30. The van der Waals surface area contributed by atoms with Crippen molar-refractivity contribution in [3.63, 3.8) is 0 Å². The van der Waals surface area contributed by atoms with Crippen molar-refractivity contribution in [1.29, 1.82) is 0 Å². The smallest absolute Gasteiger partial charge is 0.331 e. The molecule has 7 nitrogen and oxygen atoms in total. The first-order chi connectivity index (χ1) is 15.0. The van der Waals surface area contributed by atoms with Gasteiger partial charge in [0.2, 0.25) is 11.8 Å². The summed E-state index contributed by atoms with van der Waals surface area (Å²) < 4.78 is 10.8. The molecular formula is C24H25N3O4. The summed E-state index contributed by atoms with van der Waals surface area (Å²) in [6.07, 6.45) is 4.00. The Bertz CT molecular complexity index is 1080. The molecule has 7 heteroatoms. The minimum Gasteiger partial charge on any atom is -0.467 e. The van der Waals surface area contributed by atoms with Gasteiger partial charge in [0.15, 0.2) is 0 Å². The predicted octanol–water partition coefficient (Wildman–Crippen LogP) is 4.32. The molecule has 0 aliphatic heterocycles. The third kappa shape index (κ3) is 4.35. The average molecular weight is 419 g/mol. The Balaban J connectivity index is 1.50. The number of ether oxygens (including phenoxy) is 1. The van der Waals surface area contributed by atoms with E-state index in [2.05, 4.69) is 15.5 Å². The largest absolute Gasteiger partial charge is 0.467 e. The lowest BCUT2D eigenvalue weighted by molar-refractivity contribution is -0.149. The monoisotopic (exact) mass is 419 g/mol. The van der Waals surface area contributed by atoms with Crippen molar-refractivity contribution >= 4 is 11.9 Å². The number of methoxy groups -OCH3 is 1. The number of aromatic nitrogens is 2. The molecule has 0 bridgehead atoms. The third-order valence-corrected chi connectivity index (χ3v) is 5.72. The highest BCUT2D eigenvalue weighted by molar-refractivity contribution is 5.98. The van der Waals surface area contributed by atoms with Gasteiger partial charge in [0.1, 0.15) is 5.54 Å². The van der Waals surface area contributed by atoms with Crippen molar-refractivity contribution in [2.24, 2.45) is 0 Å². The molecule has 4 rings (SSSR count). The molecule has 0 atom stereocenters. The second kappa shape index (κ2) is 8.71. The second-order valence-electron chi connectivity index (χ2n) is 7.95. The summed E-state index contributed by atoms with van der Waals surface area (Å²) in [6, 6.07) is 14.7. The van der Waals surface area contributed by atoms with Gasteiger partial charge in [0, 0.05) is 16.7 Å². The highest BCUT2D eigenvalue weighted by Gasteiger charge is 2.42. The first-order valence-corrected chi connectivity index (χ1v) is 10.4. The van der Waals surface area contributed by atoms with E-state index in [1.165, 1.54) is 7.11 Å². The number of hydrogen-bond donors (Lipinski definition) is 1. The standard InChI is InChI=1S/C24H25N3O4/c1-16-7-6-8-19(15-16)22-27-26-21(31-22)18-11-9-17(10-12-18)20(28)25-24(23(29)30-2)13-4-3-5-14-24/h6-12,15H,3-5,13-14H2,1-2H3,(H,25,28). The minimum absolute atomic E-state index is 0.301. The molecule has 1 saturated carbocycles. The van der Waals surface area contributed by atoms with Crippen LogP contribution in [0.1, 0.15) is 48.0 Å². The van der Waals surface area contributed by atoms with E-state index in [0.29, 0.717) is 35.7 Å². The van der Waals surface area contributed by atoms with Gasteiger partial charge >= 0.3 is 5.97 Å². The number of nitrogens with zero attached hydrogens (tertiary/aromatic N) is 2. The van der Waals surface area contributed by atoms with E-state index in [1.807, 2.05) is 31.2 Å². The number of hydrogen-bond acceptors (Lipinski definition) is 6. The van der Waals surface area contributed by atoms with Crippen LogP contribution in [0, 0.1) is 6.92 Å². The van der Waals surface area contributed by atoms with Crippen LogP contribution in [0.15, 0.2) is 52.9 Å². The lowest BCUT2D eigenvalue weighted by Crippen LogP contribution is -2.56. The average Bonchev–Trinajstić information content (AvgIpc) is 3.29. The molecule has 160 valence electrons. The summed E-state index contributed by atoms with van der Waals surface area (Å²) in [5, 5.41) is 11.2. The predicted molar refractivity (Wildman–Crippen MR) is 115 cm³/mol. The molecule has 0 saturated heterocycles. The van der Waals surface area contributed by atoms with Crippen LogP contribution in [0.4, 0.5) is 0 Å². The lowest BCUT2D eigenvalue weighted by atomic mass is 9.81. The first-order valence-electron chi connectivity index (χ1n) is 10.4. The number of rotatable bonds is 5. The molecular weight excluding hydrogens is 394 g/mol. The molecule has 0 radical (unpaired) electrons. The third-order valence-electron chi connectivity index (χ3n) is 5.72. The Hall–Kier alpha value is -3.48. The maximum Gasteiger partial charge on any atom is 0.331 e. The molecule has 2 aromatic carbocycles. The van der Waals surface area contributed by atoms with Crippen LogP contribution < -0.4 is 5.32 Å². The Morgan fingerprint density at radius 3 is 2.29 bits per heavy atom. The Morgan fingerprint density at radius 2 is 1.65 bits per heavy atom. The molecule has 1 aliphatic rings. The van der Waals surface area contributed by atoms with E-state index in [-0.39, 0.29) is 11.9 Å². The molecule has 1 amide bonds. The highest BCUT2D eigenvalue weighted by atomic mass is 16.5. The number of esters is 1. The Kier molecular flexibility index (Phi) is 5.84. The Labute approximate surface area is 180 Å². The van der Waals surface area contributed by atoms with Crippen molar-refractivity contribution in [3.05, 3.63) is 59.7 Å². The summed E-state index contributed by atoms with van der Waals surface area (Å²) in [6.45, 7) is 2.00. The maximum atomic E-state index is 12.8. The van der Waals surface area contributed by atoms with Gasteiger partial charge in [-0.05, 0) is 56.2 Å². The fourth-order valence-corrected chi connectivity index (χ4v) is 4.02. The molecule has 1 aliphatic carbocycles. The maximum absolute atomic E-state index is 12.8. The molecule has 0 unspecified atom stereocenters. The molecule has 1 heterocycles. The van der Waals surface area contributed by atoms with Gasteiger partial charge in [0.25, 0.3) is 5.91 Å². The van der Waals surface area contributed by atoms with E-state index in [4.69, 9.17) is 9.15 Å². The fraction of sp³-hybridized carbons (Fsp3) is 0.333. The number of carbonyl (C=O) groups is 2. The summed E-state index contributed by atoms with van der Waals surface area (Å²) in [5.41, 5.74) is 2.18. The van der Waals surface area contributed by atoms with Crippen molar-refractivity contribution in [3.8, 4) is 22.9 Å². The number of aryl methyl sites for hydroxylation is 1. The van der Waals surface area contributed by atoms with Gasteiger partial charge in [0.05, 0.1) is 7.11 Å². The Morgan fingerprint density at radius 1 is 0.968 bits per heavy atom. The van der Waals surface area contributed by atoms with Gasteiger partial charge in [-0.15, -0.1) is 10.2 Å². The van der Waals surface area contributed by atoms with Crippen LogP contribution in [0.25, 0.3) is 22.9 Å². The summed E-state index contributed by atoms with van der Waals surface area (Å²) in [4.78, 5) is 25.2. The van der Waals surface area contributed by atoms with Crippen LogP contribution in [-0.4, -0.2) is 34.7 Å².